The molecule has 0 N–H and O–H groups in total. The van der Waals surface area contributed by atoms with Crippen molar-refractivity contribution in [3.8, 4) is 0 Å². The smallest absolute Gasteiger partial charge is 0.327 e. The Balaban J connectivity index is 2.46. The Morgan fingerprint density at radius 3 is 2.28 bits per heavy atom. The molecule has 0 aromatic heterocycles. The van der Waals surface area contributed by atoms with Crippen molar-refractivity contribution in [1.82, 2.24) is 0 Å². The van der Waals surface area contributed by atoms with Crippen LogP contribution in [0.5, 0.6) is 0 Å². The van der Waals surface area contributed by atoms with Crippen LogP contribution in [0.4, 0.5) is 5.69 Å². The van der Waals surface area contributed by atoms with Gasteiger partial charge in [0.05, 0.1) is 16.7 Å². The summed E-state index contributed by atoms with van der Waals surface area (Å²) in [4.78, 5) is 12.1. The minimum absolute atomic E-state index is 0.00854. The fraction of sp³-hybridized carbons (Fsp3) is 0.235. The molecule has 0 aliphatic carbocycles. The van der Waals surface area contributed by atoms with Crippen molar-refractivity contribution in [2.24, 2.45) is 0 Å². The number of sulfonamides is 1. The van der Waals surface area contributed by atoms with Crippen LogP contribution in [0.2, 0.25) is 10.0 Å². The van der Waals surface area contributed by atoms with Crippen molar-refractivity contribution in [2.75, 3.05) is 10.8 Å². The van der Waals surface area contributed by atoms with Gasteiger partial charge in [0.25, 0.3) is 10.0 Å². The first-order valence-electron chi connectivity index (χ1n) is 7.43. The van der Waals surface area contributed by atoms with Crippen molar-refractivity contribution >= 4 is 44.9 Å². The maximum Gasteiger partial charge on any atom is 0.327 e. The van der Waals surface area contributed by atoms with Gasteiger partial charge in [-0.3, -0.25) is 9.10 Å². The van der Waals surface area contributed by atoms with Crippen LogP contribution < -0.4 is 4.31 Å². The first-order valence-corrected chi connectivity index (χ1v) is 9.63. The molecule has 2 rings (SSSR count). The van der Waals surface area contributed by atoms with Crippen LogP contribution in [-0.4, -0.2) is 27.0 Å². The van der Waals surface area contributed by atoms with Crippen LogP contribution in [0.3, 0.4) is 0 Å². The monoisotopic (exact) mass is 401 g/mol. The third-order valence-electron chi connectivity index (χ3n) is 3.14. The summed E-state index contributed by atoms with van der Waals surface area (Å²) < 4.78 is 32.1. The molecule has 0 saturated heterocycles. The van der Waals surface area contributed by atoms with Crippen molar-refractivity contribution < 1.29 is 17.9 Å². The van der Waals surface area contributed by atoms with Gasteiger partial charge in [-0.1, -0.05) is 29.3 Å². The molecule has 0 saturated carbocycles. The Morgan fingerprint density at radius 2 is 1.72 bits per heavy atom. The van der Waals surface area contributed by atoms with E-state index >= 15 is 0 Å². The van der Waals surface area contributed by atoms with Gasteiger partial charge in [-0.15, -0.1) is 0 Å². The van der Waals surface area contributed by atoms with Gasteiger partial charge in [0.1, 0.15) is 6.54 Å². The normalized spacial score (nSPS) is 11.4. The third kappa shape index (κ3) is 5.11. The second-order valence-corrected chi connectivity index (χ2v) is 8.22. The molecule has 0 spiro atoms. The van der Waals surface area contributed by atoms with E-state index in [1.165, 1.54) is 30.3 Å². The van der Waals surface area contributed by atoms with Gasteiger partial charge in [-0.25, -0.2) is 8.42 Å². The second kappa shape index (κ2) is 8.08. The standard InChI is InChI=1S/C17H17Cl2NO4S/c1-12(2)24-17(21)11-20(15-5-3-4-14(19)10-15)25(22,23)16-8-6-13(18)7-9-16/h3-10,12H,11H2,1-2H3. The maximum absolute atomic E-state index is 13.0. The van der Waals surface area contributed by atoms with Gasteiger partial charge in [0.15, 0.2) is 0 Å². The second-order valence-electron chi connectivity index (χ2n) is 5.48. The Kier molecular flexibility index (Phi) is 6.32. The molecule has 0 amide bonds. The molecular weight excluding hydrogens is 385 g/mol. The van der Waals surface area contributed by atoms with E-state index in [2.05, 4.69) is 0 Å². The minimum atomic E-state index is -4.00. The van der Waals surface area contributed by atoms with Crippen LogP contribution in [0.1, 0.15) is 13.8 Å². The molecule has 0 unspecified atom stereocenters. The Hall–Kier alpha value is -1.76. The number of halogens is 2. The van der Waals surface area contributed by atoms with Crippen LogP contribution in [0, 0.1) is 0 Å². The molecule has 0 fully saturated rings. The summed E-state index contributed by atoms with van der Waals surface area (Å²) in [6.07, 6.45) is -0.355. The van der Waals surface area contributed by atoms with Crippen LogP contribution in [0.15, 0.2) is 53.4 Å². The van der Waals surface area contributed by atoms with E-state index < -0.39 is 22.5 Å². The number of ether oxygens (including phenoxy) is 1. The van der Waals surface area contributed by atoms with E-state index in [4.69, 9.17) is 27.9 Å². The van der Waals surface area contributed by atoms with E-state index in [0.717, 1.165) is 4.31 Å². The Bertz CT molecular complexity index is 851. The van der Waals surface area contributed by atoms with Gasteiger partial charge >= 0.3 is 5.97 Å². The molecule has 0 radical (unpaired) electrons. The summed E-state index contributed by atoms with van der Waals surface area (Å²) >= 11 is 11.8. The molecule has 25 heavy (non-hydrogen) atoms. The third-order valence-corrected chi connectivity index (χ3v) is 5.41. The number of rotatable bonds is 6. The highest BCUT2D eigenvalue weighted by Gasteiger charge is 2.28. The fourth-order valence-electron chi connectivity index (χ4n) is 2.10. The predicted molar refractivity (Wildman–Crippen MR) is 98.7 cm³/mol. The summed E-state index contributed by atoms with van der Waals surface area (Å²) in [6.45, 7) is 2.91. The molecular formula is C17H17Cl2NO4S. The van der Waals surface area contributed by atoms with Gasteiger partial charge < -0.3 is 4.74 Å². The quantitative estimate of drug-likeness (QED) is 0.682. The highest BCUT2D eigenvalue weighted by molar-refractivity contribution is 7.92. The highest BCUT2D eigenvalue weighted by atomic mass is 35.5. The average Bonchev–Trinajstić information content (AvgIpc) is 2.52. The van der Waals surface area contributed by atoms with E-state index in [9.17, 15) is 13.2 Å². The summed E-state index contributed by atoms with van der Waals surface area (Å²) in [5.41, 5.74) is 0.267. The molecule has 0 aliphatic rings. The Labute approximate surface area is 157 Å². The number of carbonyl (C=O) groups is 1. The van der Waals surface area contributed by atoms with Crippen LogP contribution in [0.25, 0.3) is 0 Å². The molecule has 134 valence electrons. The van der Waals surface area contributed by atoms with Gasteiger partial charge in [-0.05, 0) is 56.3 Å². The number of esters is 1. The fourth-order valence-corrected chi connectivity index (χ4v) is 3.81. The molecule has 2 aromatic carbocycles. The van der Waals surface area contributed by atoms with Crippen molar-refractivity contribution in [1.29, 1.82) is 0 Å². The lowest BCUT2D eigenvalue weighted by Crippen LogP contribution is -2.37. The summed E-state index contributed by atoms with van der Waals surface area (Å²) in [7, 11) is -4.00. The average molecular weight is 402 g/mol. The summed E-state index contributed by atoms with van der Waals surface area (Å²) in [5.74, 6) is -0.660. The molecule has 0 heterocycles. The van der Waals surface area contributed by atoms with Crippen molar-refractivity contribution in [3.05, 3.63) is 58.6 Å². The number of hydrogen-bond acceptors (Lipinski definition) is 4. The number of hydrogen-bond donors (Lipinski definition) is 0. The molecule has 0 bridgehead atoms. The molecule has 2 aromatic rings. The largest absolute Gasteiger partial charge is 0.462 e. The van der Waals surface area contributed by atoms with Crippen molar-refractivity contribution in [3.63, 3.8) is 0 Å². The lowest BCUT2D eigenvalue weighted by molar-refractivity contribution is -0.145. The van der Waals surface area contributed by atoms with E-state index in [-0.39, 0.29) is 16.7 Å². The SMILES string of the molecule is CC(C)OC(=O)CN(c1cccc(Cl)c1)S(=O)(=O)c1ccc(Cl)cc1. The van der Waals surface area contributed by atoms with E-state index in [0.29, 0.717) is 10.0 Å². The number of anilines is 1. The molecule has 0 aliphatic heterocycles. The number of nitrogens with zero attached hydrogens (tertiary/aromatic N) is 1. The zero-order valence-electron chi connectivity index (χ0n) is 13.6. The van der Waals surface area contributed by atoms with Gasteiger partial charge in [0.2, 0.25) is 0 Å². The number of benzene rings is 2. The topological polar surface area (TPSA) is 63.7 Å². The first-order chi connectivity index (χ1) is 11.7. The number of carbonyl (C=O) groups excluding carboxylic acids is 1. The molecule has 0 atom stereocenters. The van der Waals surface area contributed by atoms with Crippen molar-refractivity contribution in [2.45, 2.75) is 24.8 Å². The predicted octanol–water partition coefficient (Wildman–Crippen LogP) is 4.14. The molecule has 8 heteroatoms. The first kappa shape index (κ1) is 19.6. The summed E-state index contributed by atoms with van der Waals surface area (Å²) in [6, 6.07) is 11.9. The van der Waals surface area contributed by atoms with E-state index in [1.54, 1.807) is 32.0 Å². The van der Waals surface area contributed by atoms with Crippen LogP contribution >= 0.6 is 23.2 Å². The zero-order chi connectivity index (χ0) is 18.6. The summed E-state index contributed by atoms with van der Waals surface area (Å²) in [5, 5.41) is 0.763. The minimum Gasteiger partial charge on any atom is -0.462 e. The van der Waals surface area contributed by atoms with Crippen LogP contribution in [-0.2, 0) is 19.6 Å². The maximum atomic E-state index is 13.0. The Morgan fingerprint density at radius 1 is 1.08 bits per heavy atom. The van der Waals surface area contributed by atoms with E-state index in [1.807, 2.05) is 0 Å². The highest BCUT2D eigenvalue weighted by Crippen LogP contribution is 2.27. The van der Waals surface area contributed by atoms with Gasteiger partial charge in [0, 0.05) is 10.0 Å². The van der Waals surface area contributed by atoms with Gasteiger partial charge in [-0.2, -0.15) is 0 Å². The molecule has 5 nitrogen and oxygen atoms in total. The lowest BCUT2D eigenvalue weighted by atomic mass is 10.3. The lowest BCUT2D eigenvalue weighted by Gasteiger charge is -2.24. The zero-order valence-corrected chi connectivity index (χ0v) is 16.0.